The molecule has 2 rings (SSSR count). The highest BCUT2D eigenvalue weighted by molar-refractivity contribution is 6.30. The minimum absolute atomic E-state index is 0.0340. The monoisotopic (exact) mass is 275 g/mol. The highest BCUT2D eigenvalue weighted by atomic mass is 35.5. The Morgan fingerprint density at radius 1 is 1.28 bits per heavy atom. The summed E-state index contributed by atoms with van der Waals surface area (Å²) in [6.45, 7) is 0.296. The zero-order valence-corrected chi connectivity index (χ0v) is 9.81. The second-order valence-electron chi connectivity index (χ2n) is 3.62. The topological polar surface area (TPSA) is 40.7 Å². The zero-order chi connectivity index (χ0) is 13.2. The fraction of sp³-hybridized carbons (Fsp3) is 0.182. The molecule has 0 fully saturated rings. The number of nitrogens with zero attached hydrogens (tertiary/aromatic N) is 1. The number of anilines is 1. The molecule has 2 N–H and O–H groups in total. The van der Waals surface area contributed by atoms with E-state index in [0.29, 0.717) is 18.1 Å². The highest BCUT2D eigenvalue weighted by Crippen LogP contribution is 2.33. The largest absolute Gasteiger partial charge is 0.416 e. The summed E-state index contributed by atoms with van der Waals surface area (Å²) < 4.78 is 37.7. The van der Waals surface area contributed by atoms with Crippen LogP contribution < -0.4 is 5.32 Å². The Kier molecular flexibility index (Phi) is 3.47. The Labute approximate surface area is 106 Å². The summed E-state index contributed by atoms with van der Waals surface area (Å²) in [7, 11) is 0. The van der Waals surface area contributed by atoms with Crippen molar-refractivity contribution in [2.24, 2.45) is 0 Å². The molecular formula is C11H9ClF3N3. The van der Waals surface area contributed by atoms with Crippen LogP contribution >= 0.6 is 11.6 Å². The van der Waals surface area contributed by atoms with Crippen LogP contribution in [0, 0.1) is 0 Å². The van der Waals surface area contributed by atoms with Crippen molar-refractivity contribution in [2.45, 2.75) is 12.7 Å². The first kappa shape index (κ1) is 12.8. The Hall–Kier alpha value is -1.69. The fourth-order valence-electron chi connectivity index (χ4n) is 1.44. The summed E-state index contributed by atoms with van der Waals surface area (Å²) in [6, 6.07) is 3.33. The van der Waals surface area contributed by atoms with Gasteiger partial charge in [-0.1, -0.05) is 11.6 Å². The first-order valence-electron chi connectivity index (χ1n) is 5.05. The summed E-state index contributed by atoms with van der Waals surface area (Å²) in [5, 5.41) is 2.86. The SMILES string of the molecule is FC(F)(F)c1cc(Cl)cc(NCc2ncc[nH]2)c1. The van der Waals surface area contributed by atoms with E-state index in [-0.39, 0.29) is 5.02 Å². The van der Waals surface area contributed by atoms with Crippen LogP contribution in [0.25, 0.3) is 0 Å². The maximum absolute atomic E-state index is 12.6. The average Bonchev–Trinajstić information content (AvgIpc) is 2.77. The van der Waals surface area contributed by atoms with Crippen molar-refractivity contribution in [2.75, 3.05) is 5.32 Å². The van der Waals surface area contributed by atoms with Crippen molar-refractivity contribution < 1.29 is 13.2 Å². The van der Waals surface area contributed by atoms with E-state index in [9.17, 15) is 13.2 Å². The fourth-order valence-corrected chi connectivity index (χ4v) is 1.67. The molecule has 3 nitrogen and oxygen atoms in total. The average molecular weight is 276 g/mol. The summed E-state index contributed by atoms with van der Waals surface area (Å²) in [5.74, 6) is 0.628. The third-order valence-corrected chi connectivity index (χ3v) is 2.46. The van der Waals surface area contributed by atoms with Crippen molar-refractivity contribution >= 4 is 17.3 Å². The number of H-pyrrole nitrogens is 1. The van der Waals surface area contributed by atoms with Crippen LogP contribution in [-0.4, -0.2) is 9.97 Å². The smallest absolute Gasteiger partial charge is 0.378 e. The Balaban J connectivity index is 2.15. The number of hydrogen-bond acceptors (Lipinski definition) is 2. The molecule has 0 amide bonds. The molecule has 96 valence electrons. The second kappa shape index (κ2) is 4.89. The molecule has 0 bridgehead atoms. The Morgan fingerprint density at radius 3 is 2.67 bits per heavy atom. The lowest BCUT2D eigenvalue weighted by molar-refractivity contribution is -0.137. The van der Waals surface area contributed by atoms with Crippen LogP contribution in [-0.2, 0) is 12.7 Å². The summed E-state index contributed by atoms with van der Waals surface area (Å²) in [4.78, 5) is 6.79. The third kappa shape index (κ3) is 3.16. The predicted molar refractivity (Wildman–Crippen MR) is 62.4 cm³/mol. The summed E-state index contributed by atoms with van der Waals surface area (Å²) >= 11 is 5.65. The van der Waals surface area contributed by atoms with Crippen molar-refractivity contribution in [3.63, 3.8) is 0 Å². The van der Waals surface area contributed by atoms with Gasteiger partial charge in [0.1, 0.15) is 5.82 Å². The van der Waals surface area contributed by atoms with Gasteiger partial charge in [-0.15, -0.1) is 0 Å². The normalized spacial score (nSPS) is 11.6. The van der Waals surface area contributed by atoms with E-state index in [1.807, 2.05) is 0 Å². The van der Waals surface area contributed by atoms with Gasteiger partial charge >= 0.3 is 6.18 Å². The molecule has 1 heterocycles. The summed E-state index contributed by atoms with van der Waals surface area (Å²) in [6.07, 6.45) is -1.21. The summed E-state index contributed by atoms with van der Waals surface area (Å²) in [5.41, 5.74) is -0.483. The Bertz CT molecular complexity index is 523. The zero-order valence-electron chi connectivity index (χ0n) is 9.05. The molecule has 0 aliphatic rings. The molecule has 0 aliphatic heterocycles. The van der Waals surface area contributed by atoms with Gasteiger partial charge in [0.25, 0.3) is 0 Å². The van der Waals surface area contributed by atoms with Crippen LogP contribution in [0.2, 0.25) is 5.02 Å². The Morgan fingerprint density at radius 2 is 2.06 bits per heavy atom. The maximum Gasteiger partial charge on any atom is 0.416 e. The van der Waals surface area contributed by atoms with Crippen molar-refractivity contribution in [3.8, 4) is 0 Å². The lowest BCUT2D eigenvalue weighted by Crippen LogP contribution is -2.07. The molecular weight excluding hydrogens is 267 g/mol. The lowest BCUT2D eigenvalue weighted by Gasteiger charge is -2.11. The number of hydrogen-bond donors (Lipinski definition) is 2. The van der Waals surface area contributed by atoms with Gasteiger partial charge in [-0.3, -0.25) is 0 Å². The van der Waals surface area contributed by atoms with Gasteiger partial charge < -0.3 is 10.3 Å². The minimum Gasteiger partial charge on any atom is -0.378 e. The molecule has 1 aromatic heterocycles. The number of alkyl halides is 3. The molecule has 1 aromatic carbocycles. The highest BCUT2D eigenvalue weighted by Gasteiger charge is 2.31. The maximum atomic E-state index is 12.6. The van der Waals surface area contributed by atoms with Gasteiger partial charge in [-0.05, 0) is 18.2 Å². The van der Waals surface area contributed by atoms with E-state index in [1.165, 1.54) is 6.07 Å². The van der Waals surface area contributed by atoms with Crippen molar-refractivity contribution in [1.29, 1.82) is 0 Å². The van der Waals surface area contributed by atoms with Crippen molar-refractivity contribution in [3.05, 3.63) is 47.0 Å². The second-order valence-corrected chi connectivity index (χ2v) is 4.05. The number of nitrogens with one attached hydrogen (secondary N) is 2. The van der Waals surface area contributed by atoms with Crippen LogP contribution in [0.15, 0.2) is 30.6 Å². The van der Waals surface area contributed by atoms with E-state index < -0.39 is 11.7 Å². The quantitative estimate of drug-likeness (QED) is 0.897. The molecule has 0 aliphatic carbocycles. The van der Waals surface area contributed by atoms with Gasteiger partial charge in [0, 0.05) is 23.1 Å². The molecule has 0 radical (unpaired) electrons. The van der Waals surface area contributed by atoms with Crippen molar-refractivity contribution in [1.82, 2.24) is 9.97 Å². The van der Waals surface area contributed by atoms with Crippen LogP contribution in [0.1, 0.15) is 11.4 Å². The molecule has 7 heteroatoms. The van der Waals surface area contributed by atoms with E-state index in [4.69, 9.17) is 11.6 Å². The number of imidazole rings is 1. The van der Waals surface area contributed by atoms with Gasteiger partial charge in [-0.2, -0.15) is 13.2 Å². The van der Waals surface area contributed by atoms with Gasteiger partial charge in [0.15, 0.2) is 0 Å². The minimum atomic E-state index is -4.41. The lowest BCUT2D eigenvalue weighted by atomic mass is 10.2. The van der Waals surface area contributed by atoms with Crippen LogP contribution in [0.3, 0.4) is 0 Å². The van der Waals surface area contributed by atoms with Gasteiger partial charge in [0.2, 0.25) is 0 Å². The van der Waals surface area contributed by atoms with E-state index in [0.717, 1.165) is 12.1 Å². The molecule has 0 saturated heterocycles. The number of aromatic nitrogens is 2. The van der Waals surface area contributed by atoms with Gasteiger partial charge in [-0.25, -0.2) is 4.98 Å². The number of benzene rings is 1. The van der Waals surface area contributed by atoms with E-state index in [1.54, 1.807) is 12.4 Å². The number of halogens is 4. The first-order chi connectivity index (χ1) is 8.45. The standard InChI is InChI=1S/C11H9ClF3N3/c12-8-3-7(11(13,14)15)4-9(5-8)18-6-10-16-1-2-17-10/h1-5,18H,6H2,(H,16,17). The van der Waals surface area contributed by atoms with Crippen LogP contribution in [0.4, 0.5) is 18.9 Å². The molecule has 18 heavy (non-hydrogen) atoms. The molecule has 0 saturated carbocycles. The van der Waals surface area contributed by atoms with Crippen LogP contribution in [0.5, 0.6) is 0 Å². The number of rotatable bonds is 3. The van der Waals surface area contributed by atoms with Gasteiger partial charge in [0.05, 0.1) is 12.1 Å². The molecule has 0 spiro atoms. The molecule has 2 aromatic rings. The van der Waals surface area contributed by atoms with E-state index >= 15 is 0 Å². The molecule has 0 unspecified atom stereocenters. The first-order valence-corrected chi connectivity index (χ1v) is 5.43. The molecule has 0 atom stereocenters. The van der Waals surface area contributed by atoms with E-state index in [2.05, 4.69) is 15.3 Å². The predicted octanol–water partition coefficient (Wildman–Crippen LogP) is 3.69. The third-order valence-electron chi connectivity index (χ3n) is 2.24. The number of aromatic amines is 1.